The maximum Gasteiger partial charge on any atom is 0.414 e. The van der Waals surface area contributed by atoms with Crippen molar-refractivity contribution in [1.29, 1.82) is 0 Å². The zero-order valence-electron chi connectivity index (χ0n) is 21.4. The number of aromatic nitrogens is 3. The summed E-state index contributed by atoms with van der Waals surface area (Å²) in [5.41, 5.74) is -1.36. The number of thiol groups is 1. The van der Waals surface area contributed by atoms with E-state index in [4.69, 9.17) is 9.47 Å². The highest BCUT2D eigenvalue weighted by Gasteiger charge is 2.29. The van der Waals surface area contributed by atoms with Crippen molar-refractivity contribution >= 4 is 54.3 Å². The van der Waals surface area contributed by atoms with Crippen LogP contribution in [0.2, 0.25) is 0 Å². The first-order valence-corrected chi connectivity index (χ1v) is 14.1. The van der Waals surface area contributed by atoms with Crippen LogP contribution in [0.4, 0.5) is 19.3 Å². The Morgan fingerprint density at radius 3 is 2.31 bits per heavy atom. The van der Waals surface area contributed by atoms with Gasteiger partial charge in [-0.05, 0) is 38.5 Å². The molecule has 0 radical (unpaired) electrons. The van der Waals surface area contributed by atoms with Gasteiger partial charge in [0.05, 0.1) is 34.8 Å². The number of H-pyrrole nitrogens is 1. The van der Waals surface area contributed by atoms with Crippen LogP contribution in [-0.4, -0.2) is 57.6 Å². The maximum atomic E-state index is 15.1. The minimum atomic E-state index is -4.30. The van der Waals surface area contributed by atoms with Gasteiger partial charge < -0.3 is 14.5 Å². The number of nitrogens with one attached hydrogen (secondary N) is 1. The van der Waals surface area contributed by atoms with Crippen molar-refractivity contribution in [2.75, 3.05) is 19.1 Å². The average molecular weight is 583 g/mol. The Morgan fingerprint density at radius 2 is 1.74 bits per heavy atom. The normalized spacial score (nSPS) is 12.3. The summed E-state index contributed by atoms with van der Waals surface area (Å²) in [6.45, 7) is 4.84. The van der Waals surface area contributed by atoms with Crippen LogP contribution in [0.5, 0.6) is 5.75 Å². The Kier molecular flexibility index (Phi) is 7.25. The van der Waals surface area contributed by atoms with E-state index in [9.17, 15) is 26.0 Å². The van der Waals surface area contributed by atoms with Crippen molar-refractivity contribution in [2.24, 2.45) is 0 Å². The number of hydrogen-bond acceptors (Lipinski definition) is 9. The van der Waals surface area contributed by atoms with Gasteiger partial charge in [-0.2, -0.15) is 0 Å². The maximum absolute atomic E-state index is 15.1. The van der Waals surface area contributed by atoms with Gasteiger partial charge in [-0.15, -0.1) is 0 Å². The molecule has 2 aromatic heterocycles. The van der Waals surface area contributed by atoms with E-state index in [1.54, 1.807) is 32.9 Å². The van der Waals surface area contributed by atoms with Gasteiger partial charge >= 0.3 is 6.09 Å². The van der Waals surface area contributed by atoms with Crippen LogP contribution in [0.1, 0.15) is 26.3 Å². The fourth-order valence-electron chi connectivity index (χ4n) is 3.81. The number of aromatic amines is 1. The molecule has 0 aliphatic heterocycles. The number of hydrogen-bond donors (Lipinski definition) is 2. The van der Waals surface area contributed by atoms with E-state index in [1.165, 1.54) is 26.3 Å². The van der Waals surface area contributed by atoms with E-state index in [0.717, 1.165) is 11.0 Å². The highest BCUT2D eigenvalue weighted by molar-refractivity contribution is 7.90. The molecule has 0 fully saturated rings. The molecule has 1 N–H and O–H groups in total. The minimum Gasteiger partial charge on any atom is -0.497 e. The minimum absolute atomic E-state index is 0.203. The van der Waals surface area contributed by atoms with Crippen LogP contribution in [0, 0.1) is 11.6 Å². The van der Waals surface area contributed by atoms with Crippen LogP contribution in [-0.2, 0) is 31.0 Å². The van der Waals surface area contributed by atoms with E-state index in [1.807, 2.05) is 0 Å². The van der Waals surface area contributed by atoms with Gasteiger partial charge in [0.2, 0.25) is 9.84 Å². The first-order valence-electron chi connectivity index (χ1n) is 11.3. The highest BCUT2D eigenvalue weighted by Crippen LogP contribution is 2.37. The largest absolute Gasteiger partial charge is 0.497 e. The van der Waals surface area contributed by atoms with Crippen LogP contribution in [0.25, 0.3) is 21.9 Å². The third-order valence-corrected chi connectivity index (χ3v) is 7.68. The van der Waals surface area contributed by atoms with Crippen molar-refractivity contribution in [3.8, 4) is 5.75 Å². The Labute approximate surface area is 223 Å². The summed E-state index contributed by atoms with van der Waals surface area (Å²) in [7, 11) is -5.20. The van der Waals surface area contributed by atoms with Crippen molar-refractivity contribution < 1.29 is 39.9 Å². The van der Waals surface area contributed by atoms with Crippen molar-refractivity contribution in [3.63, 3.8) is 0 Å². The Bertz CT molecular complexity index is 1790. The molecule has 2 aromatic carbocycles. The molecule has 1 amide bonds. The van der Waals surface area contributed by atoms with Gasteiger partial charge in [-0.25, -0.2) is 40.4 Å². The summed E-state index contributed by atoms with van der Waals surface area (Å²) >= 11 is 0. The Hall–Kier alpha value is -3.85. The second kappa shape index (κ2) is 10.0. The quantitative estimate of drug-likeness (QED) is 0.197. The molecule has 39 heavy (non-hydrogen) atoms. The standard InChI is InChI=1S/C24H24F2N4O7S2/c1-24(2,3)37-23(31)30(4)15-10-14(25)18(26)16-17-20(27-19(15)16)28-22(29-21(17)38(32)33)39(34,35)11-12-6-8-13(36-5)9-7-12/h6-10,38H,11H2,1-5H3,(H,27,28,29). The second-order valence-corrected chi connectivity index (χ2v) is 12.3. The van der Waals surface area contributed by atoms with E-state index in [0.29, 0.717) is 11.3 Å². The first-order chi connectivity index (χ1) is 18.1. The number of carbonyl (C=O) groups is 1. The number of fused-ring (bicyclic) bond motifs is 3. The summed E-state index contributed by atoms with van der Waals surface area (Å²) in [6.07, 6.45) is -0.905. The lowest BCUT2D eigenvalue weighted by Gasteiger charge is -2.25. The zero-order valence-corrected chi connectivity index (χ0v) is 23.1. The van der Waals surface area contributed by atoms with Crippen LogP contribution in [0.3, 0.4) is 0 Å². The molecule has 0 unspecified atom stereocenters. The number of anilines is 1. The summed E-state index contributed by atoms with van der Waals surface area (Å²) in [4.78, 5) is 23.9. The third kappa shape index (κ3) is 5.49. The van der Waals surface area contributed by atoms with Gasteiger partial charge in [0.15, 0.2) is 27.4 Å². The Morgan fingerprint density at radius 1 is 1.10 bits per heavy atom. The summed E-state index contributed by atoms with van der Waals surface area (Å²) < 4.78 is 90.8. The molecule has 0 saturated carbocycles. The molecule has 2 heterocycles. The third-order valence-electron chi connectivity index (χ3n) is 5.56. The molecule has 15 heteroatoms. The van der Waals surface area contributed by atoms with E-state index in [-0.39, 0.29) is 16.9 Å². The molecular weight excluding hydrogens is 558 g/mol. The van der Waals surface area contributed by atoms with E-state index >= 15 is 4.39 Å². The van der Waals surface area contributed by atoms with Crippen LogP contribution < -0.4 is 9.64 Å². The van der Waals surface area contributed by atoms with Gasteiger partial charge in [-0.1, -0.05) is 12.1 Å². The van der Waals surface area contributed by atoms with Crippen LogP contribution >= 0.6 is 0 Å². The molecule has 4 rings (SSSR count). The molecule has 0 saturated heterocycles. The topological polar surface area (TPSA) is 149 Å². The van der Waals surface area contributed by atoms with Gasteiger partial charge in [0.25, 0.3) is 5.16 Å². The van der Waals surface area contributed by atoms with E-state index in [2.05, 4.69) is 15.0 Å². The molecule has 0 atom stereocenters. The summed E-state index contributed by atoms with van der Waals surface area (Å²) in [5, 5.41) is -2.69. The summed E-state index contributed by atoms with van der Waals surface area (Å²) in [5.74, 6) is -2.91. The van der Waals surface area contributed by atoms with Crippen LogP contribution in [0.15, 0.2) is 40.5 Å². The number of amides is 1. The molecule has 0 aliphatic carbocycles. The average Bonchev–Trinajstić information content (AvgIpc) is 3.24. The molecule has 208 valence electrons. The monoisotopic (exact) mass is 582 g/mol. The van der Waals surface area contributed by atoms with Gasteiger partial charge in [0, 0.05) is 13.1 Å². The van der Waals surface area contributed by atoms with E-state index < -0.39 is 70.6 Å². The van der Waals surface area contributed by atoms with Crippen molar-refractivity contribution in [3.05, 3.63) is 47.5 Å². The predicted molar refractivity (Wildman–Crippen MR) is 138 cm³/mol. The number of ether oxygens (including phenoxy) is 2. The number of rotatable bonds is 6. The molecular formula is C24H24F2N4O7S2. The zero-order chi connectivity index (χ0) is 28.9. The lowest BCUT2D eigenvalue weighted by Crippen LogP contribution is -2.34. The predicted octanol–water partition coefficient (Wildman–Crippen LogP) is 3.71. The number of nitrogens with zero attached hydrogens (tertiary/aromatic N) is 3. The number of halogens is 2. The number of sulfone groups is 1. The lowest BCUT2D eigenvalue weighted by atomic mass is 10.1. The number of carbonyl (C=O) groups excluding carboxylic acids is 1. The van der Waals surface area contributed by atoms with Crippen molar-refractivity contribution in [2.45, 2.75) is 42.3 Å². The fraction of sp³-hybridized carbons (Fsp3) is 0.292. The lowest BCUT2D eigenvalue weighted by molar-refractivity contribution is 0.0589. The molecule has 0 spiro atoms. The molecule has 0 bridgehead atoms. The SMILES string of the molecule is COc1ccc(CS(=O)(=O)c2nc([SH](=O)=O)c3c(n2)[nH]c2c(N(C)C(=O)OC(C)(C)C)cc(F)c(F)c23)cc1. The Balaban J connectivity index is 1.93. The number of benzene rings is 2. The van der Waals surface area contributed by atoms with Crippen molar-refractivity contribution in [1.82, 2.24) is 15.0 Å². The molecule has 4 aromatic rings. The molecule has 0 aliphatic rings. The van der Waals surface area contributed by atoms with Gasteiger partial charge in [-0.3, -0.25) is 4.90 Å². The highest BCUT2D eigenvalue weighted by atomic mass is 32.2. The first kappa shape index (κ1) is 28.2. The summed E-state index contributed by atoms with van der Waals surface area (Å²) in [6, 6.07) is 6.83. The molecule has 11 nitrogen and oxygen atoms in total. The van der Waals surface area contributed by atoms with Gasteiger partial charge in [0.1, 0.15) is 17.0 Å². The smallest absolute Gasteiger partial charge is 0.414 e. The second-order valence-electron chi connectivity index (χ2n) is 9.52. The fourth-order valence-corrected chi connectivity index (χ4v) is 5.68. The number of methoxy groups -OCH3 is 1.